The Kier molecular flexibility index (Phi) is 5.40. The molecule has 1 saturated carbocycles. The summed E-state index contributed by atoms with van der Waals surface area (Å²) >= 11 is 0. The molecule has 1 saturated heterocycles. The summed E-state index contributed by atoms with van der Waals surface area (Å²) in [4.78, 5) is 26.0. The number of hydrogen-bond acceptors (Lipinski definition) is 3. The summed E-state index contributed by atoms with van der Waals surface area (Å²) in [6.07, 6.45) is 8.08. The van der Waals surface area contributed by atoms with E-state index in [0.29, 0.717) is 13.2 Å². The largest absolute Gasteiger partial charge is 0.380 e. The average molecular weight is 282 g/mol. The molecule has 2 rings (SSSR count). The van der Waals surface area contributed by atoms with E-state index < -0.39 is 5.54 Å². The summed E-state index contributed by atoms with van der Waals surface area (Å²) in [5, 5.41) is 2.50. The molecule has 1 N–H and O–H groups in total. The second-order valence-corrected chi connectivity index (χ2v) is 5.82. The van der Waals surface area contributed by atoms with Crippen LogP contribution in [0.25, 0.3) is 0 Å². The maximum Gasteiger partial charge on any atom is 0.325 e. The fourth-order valence-corrected chi connectivity index (χ4v) is 3.23. The van der Waals surface area contributed by atoms with Crippen molar-refractivity contribution in [2.24, 2.45) is 0 Å². The molecular formula is C15H26N2O3. The molecule has 5 nitrogen and oxygen atoms in total. The lowest BCUT2D eigenvalue weighted by molar-refractivity contribution is -0.127. The highest BCUT2D eigenvalue weighted by molar-refractivity contribution is 6.07. The van der Waals surface area contributed by atoms with Crippen LogP contribution in [0.1, 0.15) is 58.3 Å². The van der Waals surface area contributed by atoms with Gasteiger partial charge in [0.1, 0.15) is 5.54 Å². The minimum absolute atomic E-state index is 0.0991. The Balaban J connectivity index is 1.96. The minimum Gasteiger partial charge on any atom is -0.380 e. The van der Waals surface area contributed by atoms with Crippen molar-refractivity contribution in [2.45, 2.75) is 63.8 Å². The van der Waals surface area contributed by atoms with Crippen LogP contribution >= 0.6 is 0 Å². The van der Waals surface area contributed by atoms with Gasteiger partial charge in [-0.1, -0.05) is 39.0 Å². The van der Waals surface area contributed by atoms with Crippen molar-refractivity contribution in [1.29, 1.82) is 0 Å². The van der Waals surface area contributed by atoms with Gasteiger partial charge in [-0.2, -0.15) is 0 Å². The van der Waals surface area contributed by atoms with Crippen LogP contribution in [0, 0.1) is 0 Å². The Labute approximate surface area is 121 Å². The molecular weight excluding hydrogens is 256 g/mol. The number of nitrogens with one attached hydrogen (secondary N) is 1. The molecule has 20 heavy (non-hydrogen) atoms. The summed E-state index contributed by atoms with van der Waals surface area (Å²) in [5.41, 5.74) is -0.596. The van der Waals surface area contributed by atoms with Crippen molar-refractivity contribution >= 4 is 11.9 Å². The third kappa shape index (κ3) is 3.14. The number of nitrogens with zero attached hydrogens (tertiary/aromatic N) is 1. The first-order chi connectivity index (χ1) is 9.70. The van der Waals surface area contributed by atoms with Gasteiger partial charge in [0.25, 0.3) is 5.91 Å². The van der Waals surface area contributed by atoms with E-state index in [9.17, 15) is 9.59 Å². The van der Waals surface area contributed by atoms with E-state index in [0.717, 1.165) is 58.0 Å². The molecule has 1 spiro atoms. The maximum absolute atomic E-state index is 12.2. The van der Waals surface area contributed by atoms with Crippen molar-refractivity contribution < 1.29 is 14.3 Å². The second-order valence-electron chi connectivity index (χ2n) is 5.82. The summed E-state index contributed by atoms with van der Waals surface area (Å²) in [5.74, 6) is -0.0991. The fraction of sp³-hybridized carbons (Fsp3) is 0.867. The van der Waals surface area contributed by atoms with E-state index in [-0.39, 0.29) is 11.9 Å². The number of imide groups is 1. The van der Waals surface area contributed by atoms with Gasteiger partial charge in [0.05, 0.1) is 6.61 Å². The van der Waals surface area contributed by atoms with Gasteiger partial charge in [0.15, 0.2) is 0 Å². The Hall–Kier alpha value is -1.10. The van der Waals surface area contributed by atoms with E-state index in [1.165, 1.54) is 0 Å². The standard InChI is InChI=1S/C15H26N2O3/c1-2-3-11-20-12-10-17-14(19)16-13(18)15(17)8-6-4-5-7-9-15/h2-12H2,1H3,(H,16,18,19). The van der Waals surface area contributed by atoms with Crippen molar-refractivity contribution in [3.63, 3.8) is 0 Å². The highest BCUT2D eigenvalue weighted by atomic mass is 16.5. The monoisotopic (exact) mass is 282 g/mol. The molecule has 1 aliphatic carbocycles. The lowest BCUT2D eigenvalue weighted by Gasteiger charge is -2.34. The zero-order valence-corrected chi connectivity index (χ0v) is 12.5. The molecule has 5 heteroatoms. The zero-order chi connectivity index (χ0) is 14.4. The van der Waals surface area contributed by atoms with E-state index in [4.69, 9.17) is 4.74 Å². The van der Waals surface area contributed by atoms with Crippen molar-refractivity contribution in [3.8, 4) is 0 Å². The number of amides is 3. The van der Waals surface area contributed by atoms with Crippen LogP contribution in [0.2, 0.25) is 0 Å². The Morgan fingerprint density at radius 3 is 2.50 bits per heavy atom. The van der Waals surface area contributed by atoms with E-state index >= 15 is 0 Å². The van der Waals surface area contributed by atoms with E-state index in [1.807, 2.05) is 0 Å². The predicted molar refractivity (Wildman–Crippen MR) is 76.4 cm³/mol. The molecule has 0 atom stereocenters. The molecule has 0 radical (unpaired) electrons. The lowest BCUT2D eigenvalue weighted by Crippen LogP contribution is -2.50. The highest BCUT2D eigenvalue weighted by Crippen LogP contribution is 2.35. The third-order valence-corrected chi connectivity index (χ3v) is 4.44. The molecule has 0 bridgehead atoms. The molecule has 3 amide bonds. The van der Waals surface area contributed by atoms with Gasteiger partial charge < -0.3 is 9.64 Å². The predicted octanol–water partition coefficient (Wildman–Crippen LogP) is 2.45. The molecule has 0 aromatic heterocycles. The van der Waals surface area contributed by atoms with Gasteiger partial charge in [-0.15, -0.1) is 0 Å². The first-order valence-electron chi connectivity index (χ1n) is 7.91. The molecule has 114 valence electrons. The first-order valence-corrected chi connectivity index (χ1v) is 7.91. The van der Waals surface area contributed by atoms with Crippen molar-refractivity contribution in [3.05, 3.63) is 0 Å². The third-order valence-electron chi connectivity index (χ3n) is 4.44. The van der Waals surface area contributed by atoms with Gasteiger partial charge in [-0.3, -0.25) is 10.1 Å². The number of carbonyl (C=O) groups excluding carboxylic acids is 2. The van der Waals surface area contributed by atoms with Crippen molar-refractivity contribution in [1.82, 2.24) is 10.2 Å². The number of ether oxygens (including phenoxy) is 1. The molecule has 2 fully saturated rings. The van der Waals surface area contributed by atoms with Crippen LogP contribution < -0.4 is 5.32 Å². The topological polar surface area (TPSA) is 58.6 Å². The number of unbranched alkanes of at least 4 members (excludes halogenated alkanes) is 1. The smallest absolute Gasteiger partial charge is 0.325 e. The quantitative estimate of drug-likeness (QED) is 0.601. The Morgan fingerprint density at radius 1 is 1.15 bits per heavy atom. The number of hydrogen-bond donors (Lipinski definition) is 1. The van der Waals surface area contributed by atoms with Gasteiger partial charge in [0.2, 0.25) is 0 Å². The Morgan fingerprint density at radius 2 is 1.85 bits per heavy atom. The number of urea groups is 1. The van der Waals surface area contributed by atoms with Crippen molar-refractivity contribution in [2.75, 3.05) is 19.8 Å². The van der Waals surface area contributed by atoms with Crippen LogP contribution in [0.5, 0.6) is 0 Å². The zero-order valence-electron chi connectivity index (χ0n) is 12.5. The first kappa shape index (κ1) is 15.3. The minimum atomic E-state index is -0.596. The van der Waals surface area contributed by atoms with Crippen LogP contribution in [0.3, 0.4) is 0 Å². The van der Waals surface area contributed by atoms with Gasteiger partial charge in [-0.05, 0) is 19.3 Å². The normalized spacial score (nSPS) is 22.1. The summed E-state index contributed by atoms with van der Waals surface area (Å²) < 4.78 is 5.55. The Bertz CT molecular complexity index is 349. The second kappa shape index (κ2) is 7.07. The molecule has 0 aromatic rings. The van der Waals surface area contributed by atoms with Gasteiger partial charge >= 0.3 is 6.03 Å². The summed E-state index contributed by atoms with van der Waals surface area (Å²) in [7, 11) is 0. The van der Waals surface area contributed by atoms with E-state index in [1.54, 1.807) is 4.90 Å². The van der Waals surface area contributed by atoms with Gasteiger partial charge in [0, 0.05) is 13.2 Å². The summed E-state index contributed by atoms with van der Waals surface area (Å²) in [6, 6.07) is -0.240. The molecule has 0 aromatic carbocycles. The molecule has 0 unspecified atom stereocenters. The molecule has 1 aliphatic heterocycles. The SMILES string of the molecule is CCCCOCCN1C(=O)NC(=O)C12CCCCCC2. The number of carbonyl (C=O) groups is 2. The number of rotatable bonds is 6. The average Bonchev–Trinajstić information content (AvgIpc) is 2.63. The van der Waals surface area contributed by atoms with Crippen LogP contribution in [-0.4, -0.2) is 42.1 Å². The molecule has 1 heterocycles. The van der Waals surface area contributed by atoms with Crippen LogP contribution in [0.4, 0.5) is 4.79 Å². The maximum atomic E-state index is 12.2. The lowest BCUT2D eigenvalue weighted by atomic mass is 9.89. The summed E-state index contributed by atoms with van der Waals surface area (Å²) in [6.45, 7) is 3.88. The highest BCUT2D eigenvalue weighted by Gasteiger charge is 2.51. The van der Waals surface area contributed by atoms with Crippen LogP contribution in [-0.2, 0) is 9.53 Å². The van der Waals surface area contributed by atoms with E-state index in [2.05, 4.69) is 12.2 Å². The molecule has 2 aliphatic rings. The van der Waals surface area contributed by atoms with Gasteiger partial charge in [-0.25, -0.2) is 4.79 Å². The fourth-order valence-electron chi connectivity index (χ4n) is 3.23. The van der Waals surface area contributed by atoms with Crippen LogP contribution in [0.15, 0.2) is 0 Å².